The summed E-state index contributed by atoms with van der Waals surface area (Å²) in [6.45, 7) is 9.90. The molecule has 1 aliphatic carbocycles. The molecular weight excluding hydrogens is 270 g/mol. The highest BCUT2D eigenvalue weighted by atomic mass is 32.2. The highest BCUT2D eigenvalue weighted by Crippen LogP contribution is 2.38. The van der Waals surface area contributed by atoms with Gasteiger partial charge in [-0.15, -0.1) is 0 Å². The Labute approximate surface area is 128 Å². The van der Waals surface area contributed by atoms with E-state index in [4.69, 9.17) is 4.74 Å². The number of carbonyl (C=O) groups is 1. The van der Waals surface area contributed by atoms with Crippen molar-refractivity contribution >= 4 is 17.7 Å². The first kappa shape index (κ1) is 17.8. The first-order chi connectivity index (χ1) is 9.57. The molecule has 0 amide bonds. The number of hydrogen-bond donors (Lipinski definition) is 1. The third-order valence-corrected chi connectivity index (χ3v) is 5.67. The van der Waals surface area contributed by atoms with E-state index < -0.39 is 5.54 Å². The van der Waals surface area contributed by atoms with Gasteiger partial charge in [-0.25, -0.2) is 0 Å². The van der Waals surface area contributed by atoms with E-state index in [0.29, 0.717) is 17.1 Å². The molecule has 1 rings (SSSR count). The lowest BCUT2D eigenvalue weighted by Gasteiger charge is -2.40. The summed E-state index contributed by atoms with van der Waals surface area (Å²) in [4.78, 5) is 12.4. The molecule has 3 nitrogen and oxygen atoms in total. The van der Waals surface area contributed by atoms with Gasteiger partial charge in [-0.05, 0) is 52.0 Å². The highest BCUT2D eigenvalue weighted by Gasteiger charge is 2.43. The lowest BCUT2D eigenvalue weighted by Crippen LogP contribution is -2.56. The Morgan fingerprint density at radius 1 is 1.45 bits per heavy atom. The molecule has 1 aliphatic rings. The fourth-order valence-corrected chi connectivity index (χ4v) is 4.35. The summed E-state index contributed by atoms with van der Waals surface area (Å²) in [5.41, 5.74) is -0.435. The smallest absolute Gasteiger partial charge is 0.326 e. The summed E-state index contributed by atoms with van der Waals surface area (Å²) < 4.78 is 5.35. The number of carbonyl (C=O) groups excluding carboxylic acids is 1. The van der Waals surface area contributed by atoms with Crippen molar-refractivity contribution < 1.29 is 9.53 Å². The van der Waals surface area contributed by atoms with Crippen LogP contribution in [0.1, 0.15) is 66.2 Å². The van der Waals surface area contributed by atoms with Crippen molar-refractivity contribution in [3.63, 3.8) is 0 Å². The molecule has 0 aromatic carbocycles. The van der Waals surface area contributed by atoms with Crippen LogP contribution >= 0.6 is 11.8 Å². The maximum absolute atomic E-state index is 12.4. The van der Waals surface area contributed by atoms with Gasteiger partial charge < -0.3 is 10.1 Å². The van der Waals surface area contributed by atoms with E-state index in [1.165, 1.54) is 12.8 Å². The predicted molar refractivity (Wildman–Crippen MR) is 87.3 cm³/mol. The monoisotopic (exact) mass is 301 g/mol. The van der Waals surface area contributed by atoms with Gasteiger partial charge in [0, 0.05) is 10.5 Å². The third kappa shape index (κ3) is 4.96. The number of nitrogens with one attached hydrogen (secondary N) is 1. The second-order valence-corrected chi connectivity index (χ2v) is 7.55. The van der Waals surface area contributed by atoms with E-state index in [9.17, 15) is 4.79 Å². The lowest BCUT2D eigenvalue weighted by molar-refractivity contribution is -0.152. The van der Waals surface area contributed by atoms with Gasteiger partial charge in [-0.1, -0.05) is 20.8 Å². The second kappa shape index (κ2) is 8.93. The first-order valence-electron chi connectivity index (χ1n) is 8.15. The average Bonchev–Trinajstić information content (AvgIpc) is 2.45. The molecular formula is C16H31NO2S. The largest absolute Gasteiger partial charge is 0.465 e. The zero-order valence-corrected chi connectivity index (χ0v) is 14.4. The molecule has 1 saturated carbocycles. The fraction of sp³-hybridized carbons (Fsp3) is 0.938. The zero-order valence-electron chi connectivity index (χ0n) is 13.5. The van der Waals surface area contributed by atoms with Crippen LogP contribution in [0, 0.1) is 0 Å². The molecule has 0 spiro atoms. The molecule has 3 unspecified atom stereocenters. The Morgan fingerprint density at radius 2 is 2.20 bits per heavy atom. The van der Waals surface area contributed by atoms with Crippen LogP contribution < -0.4 is 5.32 Å². The molecule has 0 heterocycles. The van der Waals surface area contributed by atoms with Crippen LogP contribution in [-0.2, 0) is 9.53 Å². The van der Waals surface area contributed by atoms with Crippen molar-refractivity contribution in [3.8, 4) is 0 Å². The number of esters is 1. The van der Waals surface area contributed by atoms with E-state index in [1.54, 1.807) is 0 Å². The van der Waals surface area contributed by atoms with Crippen molar-refractivity contribution in [1.82, 2.24) is 5.32 Å². The maximum Gasteiger partial charge on any atom is 0.326 e. The standard InChI is InChI=1S/C16H31NO2S/c1-5-11-17-16(15(18)19-7-3)10-8-9-14(12-16)20-13(4)6-2/h13-14,17H,5-12H2,1-4H3. The Balaban J connectivity index is 2.73. The van der Waals surface area contributed by atoms with Crippen LogP contribution in [0.2, 0.25) is 0 Å². The van der Waals surface area contributed by atoms with Gasteiger partial charge in [0.1, 0.15) is 5.54 Å². The molecule has 4 heteroatoms. The summed E-state index contributed by atoms with van der Waals surface area (Å²) in [5.74, 6) is -0.0390. The van der Waals surface area contributed by atoms with Crippen LogP contribution in [0.25, 0.3) is 0 Å². The van der Waals surface area contributed by atoms with Crippen LogP contribution in [-0.4, -0.2) is 35.2 Å². The van der Waals surface area contributed by atoms with E-state index >= 15 is 0 Å². The van der Waals surface area contributed by atoms with Gasteiger partial charge in [0.2, 0.25) is 0 Å². The van der Waals surface area contributed by atoms with Crippen molar-refractivity contribution in [3.05, 3.63) is 0 Å². The van der Waals surface area contributed by atoms with Crippen LogP contribution in [0.5, 0.6) is 0 Å². The van der Waals surface area contributed by atoms with Gasteiger partial charge in [0.15, 0.2) is 0 Å². The summed E-state index contributed by atoms with van der Waals surface area (Å²) in [6.07, 6.45) is 6.41. The van der Waals surface area contributed by atoms with Crippen molar-refractivity contribution in [1.29, 1.82) is 0 Å². The molecule has 0 saturated heterocycles. The summed E-state index contributed by atoms with van der Waals surface area (Å²) in [6, 6.07) is 0. The number of rotatable bonds is 8. The van der Waals surface area contributed by atoms with Gasteiger partial charge >= 0.3 is 5.97 Å². The van der Waals surface area contributed by atoms with Gasteiger partial charge in [-0.3, -0.25) is 4.79 Å². The predicted octanol–water partition coefficient (Wildman–Crippen LogP) is 3.76. The Kier molecular flexibility index (Phi) is 7.96. The summed E-state index contributed by atoms with van der Waals surface area (Å²) in [7, 11) is 0. The van der Waals surface area contributed by atoms with E-state index in [-0.39, 0.29) is 5.97 Å². The van der Waals surface area contributed by atoms with E-state index in [0.717, 1.165) is 32.2 Å². The SMILES string of the molecule is CCCNC1(C(=O)OCC)CCCC(SC(C)CC)C1. The maximum atomic E-state index is 12.4. The zero-order chi connectivity index (χ0) is 15.0. The average molecular weight is 301 g/mol. The molecule has 3 atom stereocenters. The molecule has 0 aromatic heterocycles. The molecule has 1 N–H and O–H groups in total. The third-order valence-electron chi connectivity index (χ3n) is 4.09. The summed E-state index contributed by atoms with van der Waals surface area (Å²) >= 11 is 2.04. The molecule has 118 valence electrons. The molecule has 0 radical (unpaired) electrons. The van der Waals surface area contributed by atoms with Gasteiger partial charge in [0.25, 0.3) is 0 Å². The van der Waals surface area contributed by atoms with Crippen LogP contribution in [0.3, 0.4) is 0 Å². The van der Waals surface area contributed by atoms with Crippen molar-refractivity contribution in [2.45, 2.75) is 82.3 Å². The minimum Gasteiger partial charge on any atom is -0.465 e. The van der Waals surface area contributed by atoms with Crippen LogP contribution in [0.15, 0.2) is 0 Å². The van der Waals surface area contributed by atoms with Crippen molar-refractivity contribution in [2.24, 2.45) is 0 Å². The Morgan fingerprint density at radius 3 is 2.80 bits per heavy atom. The quantitative estimate of drug-likeness (QED) is 0.693. The van der Waals surface area contributed by atoms with Crippen LogP contribution in [0.4, 0.5) is 0 Å². The topological polar surface area (TPSA) is 38.3 Å². The number of hydrogen-bond acceptors (Lipinski definition) is 4. The number of thioether (sulfide) groups is 1. The summed E-state index contributed by atoms with van der Waals surface area (Å²) in [5, 5.41) is 4.75. The lowest BCUT2D eigenvalue weighted by atomic mass is 9.81. The molecule has 1 fully saturated rings. The Hall–Kier alpha value is -0.220. The molecule has 0 aliphatic heterocycles. The number of ether oxygens (including phenoxy) is 1. The first-order valence-corrected chi connectivity index (χ1v) is 9.10. The molecule has 0 bridgehead atoms. The Bertz CT molecular complexity index is 298. The van der Waals surface area contributed by atoms with Gasteiger partial charge in [-0.2, -0.15) is 11.8 Å². The van der Waals surface area contributed by atoms with E-state index in [2.05, 4.69) is 26.1 Å². The fourth-order valence-electron chi connectivity index (χ4n) is 2.82. The van der Waals surface area contributed by atoms with Gasteiger partial charge in [0.05, 0.1) is 6.61 Å². The minimum atomic E-state index is -0.435. The second-order valence-electron chi connectivity index (χ2n) is 5.80. The molecule has 0 aromatic rings. The normalized spacial score (nSPS) is 28.1. The minimum absolute atomic E-state index is 0.0390. The molecule has 20 heavy (non-hydrogen) atoms. The van der Waals surface area contributed by atoms with E-state index in [1.807, 2.05) is 18.7 Å². The highest BCUT2D eigenvalue weighted by molar-refractivity contribution is 8.00. The van der Waals surface area contributed by atoms with Crippen molar-refractivity contribution in [2.75, 3.05) is 13.2 Å².